The van der Waals surface area contributed by atoms with Gasteiger partial charge in [0.1, 0.15) is 0 Å². The van der Waals surface area contributed by atoms with E-state index in [0.717, 1.165) is 47.5 Å². The molecule has 0 bridgehead atoms. The van der Waals surface area contributed by atoms with Crippen molar-refractivity contribution in [3.8, 4) is 0 Å². The molecule has 0 aromatic heterocycles. The zero-order valence-corrected chi connectivity index (χ0v) is 20.6. The van der Waals surface area contributed by atoms with Crippen LogP contribution in [0.1, 0.15) is 112 Å². The van der Waals surface area contributed by atoms with Gasteiger partial charge in [0, 0.05) is 6.04 Å². The minimum atomic E-state index is 0.651. The highest BCUT2D eigenvalue weighted by molar-refractivity contribution is 5.10. The standard InChI is InChI=1S/C28H51N/c1-19(2)8-7-9-20(3)24-12-13-25-23-11-10-21-18-22(29-6)14-16-27(21,4)26(23)15-17-28(24,25)5/h19-26,29H,7-18H2,1-6H3/t20-,21?,22?,23?,24?,25?,26?,27?,28?/m1/s1. The lowest BCUT2D eigenvalue weighted by atomic mass is 9.44. The first-order chi connectivity index (χ1) is 13.8. The summed E-state index contributed by atoms with van der Waals surface area (Å²) in [4.78, 5) is 0. The van der Waals surface area contributed by atoms with Crippen LogP contribution in [0, 0.1) is 52.3 Å². The van der Waals surface area contributed by atoms with Crippen LogP contribution in [0.25, 0.3) is 0 Å². The Bertz CT molecular complexity index is 555. The molecule has 0 amide bonds. The number of fused-ring (bicyclic) bond motifs is 5. The number of nitrogens with one attached hydrogen (secondary N) is 1. The molecule has 4 aliphatic carbocycles. The molecular weight excluding hydrogens is 350 g/mol. The van der Waals surface area contributed by atoms with Gasteiger partial charge in [-0.15, -0.1) is 0 Å². The minimum absolute atomic E-state index is 0.651. The maximum atomic E-state index is 3.61. The maximum absolute atomic E-state index is 3.61. The van der Waals surface area contributed by atoms with Crippen molar-refractivity contribution in [1.29, 1.82) is 0 Å². The van der Waals surface area contributed by atoms with Gasteiger partial charge in [-0.25, -0.2) is 0 Å². The molecule has 29 heavy (non-hydrogen) atoms. The third-order valence-corrected chi connectivity index (χ3v) is 11.3. The summed E-state index contributed by atoms with van der Waals surface area (Å²) in [6.45, 7) is 12.9. The van der Waals surface area contributed by atoms with Gasteiger partial charge in [0.25, 0.3) is 0 Å². The van der Waals surface area contributed by atoms with Gasteiger partial charge < -0.3 is 5.32 Å². The predicted octanol–water partition coefficient (Wildman–Crippen LogP) is 7.70. The molecule has 1 heteroatoms. The van der Waals surface area contributed by atoms with Gasteiger partial charge in [-0.1, -0.05) is 53.9 Å². The Hall–Kier alpha value is -0.0400. The van der Waals surface area contributed by atoms with E-state index in [1.807, 2.05) is 0 Å². The molecule has 1 nitrogen and oxygen atoms in total. The van der Waals surface area contributed by atoms with E-state index in [0.29, 0.717) is 10.8 Å². The zero-order valence-electron chi connectivity index (χ0n) is 20.6. The van der Waals surface area contributed by atoms with E-state index in [1.54, 1.807) is 19.3 Å². The van der Waals surface area contributed by atoms with Crippen LogP contribution < -0.4 is 5.32 Å². The van der Waals surface area contributed by atoms with E-state index in [9.17, 15) is 0 Å². The molecule has 0 aromatic rings. The quantitative estimate of drug-likeness (QED) is 0.481. The van der Waals surface area contributed by atoms with Gasteiger partial charge in [0.15, 0.2) is 0 Å². The fourth-order valence-corrected chi connectivity index (χ4v) is 9.54. The van der Waals surface area contributed by atoms with Gasteiger partial charge in [0.05, 0.1) is 0 Å². The average Bonchev–Trinajstić information content (AvgIpc) is 3.04. The maximum Gasteiger partial charge on any atom is 0.00671 e. The Morgan fingerprint density at radius 2 is 1.55 bits per heavy atom. The summed E-state index contributed by atoms with van der Waals surface area (Å²) >= 11 is 0. The lowest BCUT2D eigenvalue weighted by Crippen LogP contribution is -2.55. The summed E-state index contributed by atoms with van der Waals surface area (Å²) in [5.74, 6) is 6.94. The lowest BCUT2D eigenvalue weighted by molar-refractivity contribution is -0.117. The van der Waals surface area contributed by atoms with Crippen LogP contribution in [-0.2, 0) is 0 Å². The van der Waals surface area contributed by atoms with Crippen molar-refractivity contribution in [3.05, 3.63) is 0 Å². The van der Waals surface area contributed by atoms with E-state index in [2.05, 4.69) is 47.0 Å². The molecule has 1 N–H and O–H groups in total. The normalized spacial score (nSPS) is 48.1. The van der Waals surface area contributed by atoms with Crippen LogP contribution in [-0.4, -0.2) is 13.1 Å². The molecule has 9 atom stereocenters. The highest BCUT2D eigenvalue weighted by atomic mass is 14.9. The first kappa shape index (κ1) is 22.2. The summed E-state index contributed by atoms with van der Waals surface area (Å²) in [6.07, 6.45) is 18.0. The molecule has 0 aliphatic heterocycles. The minimum Gasteiger partial charge on any atom is -0.317 e. The van der Waals surface area contributed by atoms with Crippen LogP contribution in [0.15, 0.2) is 0 Å². The van der Waals surface area contributed by atoms with Gasteiger partial charge >= 0.3 is 0 Å². The largest absolute Gasteiger partial charge is 0.317 e. The van der Waals surface area contributed by atoms with E-state index < -0.39 is 0 Å². The predicted molar refractivity (Wildman–Crippen MR) is 126 cm³/mol. The molecule has 4 fully saturated rings. The molecule has 4 aliphatic rings. The van der Waals surface area contributed by atoms with Crippen LogP contribution >= 0.6 is 0 Å². The van der Waals surface area contributed by atoms with Gasteiger partial charge in [0.2, 0.25) is 0 Å². The number of rotatable bonds is 6. The fourth-order valence-electron chi connectivity index (χ4n) is 9.54. The molecule has 0 saturated heterocycles. The Morgan fingerprint density at radius 1 is 0.828 bits per heavy atom. The van der Waals surface area contributed by atoms with Gasteiger partial charge in [-0.3, -0.25) is 0 Å². The Labute approximate surface area is 182 Å². The van der Waals surface area contributed by atoms with E-state index in [1.165, 1.54) is 57.8 Å². The van der Waals surface area contributed by atoms with Crippen molar-refractivity contribution in [1.82, 2.24) is 5.32 Å². The number of hydrogen-bond donors (Lipinski definition) is 1. The van der Waals surface area contributed by atoms with Crippen LogP contribution in [0.3, 0.4) is 0 Å². The van der Waals surface area contributed by atoms with E-state index in [4.69, 9.17) is 0 Å². The first-order valence-corrected chi connectivity index (χ1v) is 13.5. The molecule has 0 aromatic carbocycles. The molecule has 4 saturated carbocycles. The van der Waals surface area contributed by atoms with Gasteiger partial charge in [-0.05, 0) is 117 Å². The second-order valence-corrected chi connectivity index (χ2v) is 12.9. The summed E-state index contributed by atoms with van der Waals surface area (Å²) in [5.41, 5.74) is 1.31. The summed E-state index contributed by atoms with van der Waals surface area (Å²) in [7, 11) is 2.19. The van der Waals surface area contributed by atoms with Crippen molar-refractivity contribution >= 4 is 0 Å². The van der Waals surface area contributed by atoms with E-state index in [-0.39, 0.29) is 0 Å². The second-order valence-electron chi connectivity index (χ2n) is 12.9. The van der Waals surface area contributed by atoms with Crippen LogP contribution in [0.4, 0.5) is 0 Å². The third kappa shape index (κ3) is 3.85. The van der Waals surface area contributed by atoms with Crippen molar-refractivity contribution in [2.75, 3.05) is 7.05 Å². The Balaban J connectivity index is 1.45. The lowest BCUT2D eigenvalue weighted by Gasteiger charge is -2.61. The van der Waals surface area contributed by atoms with Crippen LogP contribution in [0.2, 0.25) is 0 Å². The van der Waals surface area contributed by atoms with Crippen LogP contribution in [0.5, 0.6) is 0 Å². The van der Waals surface area contributed by atoms with Crippen molar-refractivity contribution in [3.63, 3.8) is 0 Å². The topological polar surface area (TPSA) is 12.0 Å². The molecule has 0 heterocycles. The van der Waals surface area contributed by atoms with Gasteiger partial charge in [-0.2, -0.15) is 0 Å². The SMILES string of the molecule is CNC1CCC2(C)C(CCC3C2CCC2(C)C3CCC2[C@H](C)CCCC(C)C)C1. The summed E-state index contributed by atoms with van der Waals surface area (Å²) in [6, 6.07) is 0.793. The molecule has 0 radical (unpaired) electrons. The van der Waals surface area contributed by atoms with Crippen molar-refractivity contribution in [2.24, 2.45) is 52.3 Å². The fraction of sp³-hybridized carbons (Fsp3) is 1.00. The van der Waals surface area contributed by atoms with Crippen molar-refractivity contribution < 1.29 is 0 Å². The molecule has 8 unspecified atom stereocenters. The second kappa shape index (κ2) is 8.48. The third-order valence-electron chi connectivity index (χ3n) is 11.3. The molecule has 168 valence electrons. The molecule has 4 rings (SSSR count). The highest BCUT2D eigenvalue weighted by Gasteiger charge is 2.60. The smallest absolute Gasteiger partial charge is 0.00671 e. The first-order valence-electron chi connectivity index (χ1n) is 13.5. The summed E-state index contributed by atoms with van der Waals surface area (Å²) < 4.78 is 0. The highest BCUT2D eigenvalue weighted by Crippen LogP contribution is 2.68. The molecular formula is C28H51N. The average molecular weight is 402 g/mol. The van der Waals surface area contributed by atoms with Crippen molar-refractivity contribution in [2.45, 2.75) is 118 Å². The zero-order chi connectivity index (χ0) is 20.8. The number of hydrogen-bond acceptors (Lipinski definition) is 1. The van der Waals surface area contributed by atoms with E-state index >= 15 is 0 Å². The Morgan fingerprint density at radius 3 is 2.28 bits per heavy atom. The summed E-state index contributed by atoms with van der Waals surface area (Å²) in [5, 5.41) is 3.61. The monoisotopic (exact) mass is 401 g/mol. The Kier molecular flexibility index (Phi) is 6.48. The molecule has 0 spiro atoms.